The van der Waals surface area contributed by atoms with E-state index in [4.69, 9.17) is 4.98 Å². The predicted octanol–water partition coefficient (Wildman–Crippen LogP) is 15.2. The van der Waals surface area contributed by atoms with Crippen LogP contribution < -0.4 is 0 Å². The number of aromatic nitrogens is 2. The van der Waals surface area contributed by atoms with E-state index in [1.807, 2.05) is 6.33 Å². The molecule has 57 heavy (non-hydrogen) atoms. The molecule has 0 spiro atoms. The Labute approximate surface area is 329 Å². The number of nitrogens with zero attached hydrogens (tertiary/aromatic N) is 1. The molecular weight excluding hydrogens is 689 g/mol. The third-order valence-corrected chi connectivity index (χ3v) is 12.1. The molecule has 264 valence electrons. The zero-order chi connectivity index (χ0) is 37.5. The summed E-state index contributed by atoms with van der Waals surface area (Å²) in [5.74, 6) is 0. The fourth-order valence-electron chi connectivity index (χ4n) is 9.41. The van der Waals surface area contributed by atoms with Crippen molar-refractivity contribution in [1.82, 2.24) is 9.97 Å². The molecule has 0 bridgehead atoms. The van der Waals surface area contributed by atoms with E-state index in [9.17, 15) is 0 Å². The molecule has 0 aliphatic heterocycles. The van der Waals surface area contributed by atoms with Crippen LogP contribution in [-0.2, 0) is 0 Å². The SMILES string of the molecule is c1ccc2cc(-c3c4ccccc4c(-c4ccc5ccccc5c4)c4cc(-c5ccc(-c6cccc7c8ccccc8c8[nH]cnc8c67)cc5)ccc34)ccc2c1. The lowest BCUT2D eigenvalue weighted by atomic mass is 9.84. The molecule has 0 fully saturated rings. The Bertz CT molecular complexity index is 3570. The van der Waals surface area contributed by atoms with Crippen molar-refractivity contribution in [2.75, 3.05) is 0 Å². The lowest BCUT2D eigenvalue weighted by Gasteiger charge is -2.19. The van der Waals surface area contributed by atoms with Gasteiger partial charge < -0.3 is 4.98 Å². The Balaban J connectivity index is 1.07. The number of hydrogen-bond acceptors (Lipinski definition) is 1. The van der Waals surface area contributed by atoms with Crippen LogP contribution >= 0.6 is 0 Å². The molecule has 0 radical (unpaired) electrons. The highest BCUT2D eigenvalue weighted by molar-refractivity contribution is 6.27. The molecule has 2 heteroatoms. The van der Waals surface area contributed by atoms with Crippen LogP contribution in [0.1, 0.15) is 0 Å². The molecule has 2 nitrogen and oxygen atoms in total. The van der Waals surface area contributed by atoms with Crippen molar-refractivity contribution >= 4 is 75.7 Å². The number of hydrogen-bond donors (Lipinski definition) is 1. The van der Waals surface area contributed by atoms with Crippen molar-refractivity contribution in [3.8, 4) is 44.5 Å². The lowest BCUT2D eigenvalue weighted by molar-refractivity contribution is 1.35. The van der Waals surface area contributed by atoms with E-state index >= 15 is 0 Å². The van der Waals surface area contributed by atoms with Gasteiger partial charge in [0.15, 0.2) is 0 Å². The van der Waals surface area contributed by atoms with Crippen LogP contribution in [-0.4, -0.2) is 9.97 Å². The molecule has 0 amide bonds. The average molecular weight is 723 g/mol. The summed E-state index contributed by atoms with van der Waals surface area (Å²) in [6.07, 6.45) is 1.82. The van der Waals surface area contributed by atoms with Crippen LogP contribution in [0.25, 0.3) is 120 Å². The number of imidazole rings is 1. The molecule has 11 aromatic carbocycles. The molecular formula is C55H34N2. The maximum absolute atomic E-state index is 4.84. The summed E-state index contributed by atoms with van der Waals surface area (Å²) >= 11 is 0. The quantitative estimate of drug-likeness (QED) is 0.142. The summed E-state index contributed by atoms with van der Waals surface area (Å²) in [5, 5.41) is 14.8. The van der Waals surface area contributed by atoms with Crippen molar-refractivity contribution in [1.29, 1.82) is 0 Å². The van der Waals surface area contributed by atoms with E-state index in [2.05, 4.69) is 199 Å². The molecule has 0 saturated carbocycles. The van der Waals surface area contributed by atoms with Crippen LogP contribution in [0.5, 0.6) is 0 Å². The van der Waals surface area contributed by atoms with E-state index in [0.29, 0.717) is 0 Å². The van der Waals surface area contributed by atoms with Crippen LogP contribution in [0, 0.1) is 0 Å². The fraction of sp³-hybridized carbons (Fsp3) is 0. The summed E-state index contributed by atoms with van der Waals surface area (Å²) in [6, 6.07) is 71.5. The predicted molar refractivity (Wildman–Crippen MR) is 243 cm³/mol. The number of rotatable bonds is 4. The third kappa shape index (κ3) is 4.94. The normalized spacial score (nSPS) is 11.9. The lowest BCUT2D eigenvalue weighted by Crippen LogP contribution is -1.92. The number of nitrogens with one attached hydrogen (secondary N) is 1. The molecule has 0 aliphatic rings. The highest BCUT2D eigenvalue weighted by Crippen LogP contribution is 2.46. The summed E-state index contributed by atoms with van der Waals surface area (Å²) < 4.78 is 0. The van der Waals surface area contributed by atoms with Crippen molar-refractivity contribution < 1.29 is 0 Å². The zero-order valence-corrected chi connectivity index (χ0v) is 31.0. The van der Waals surface area contributed by atoms with Crippen molar-refractivity contribution in [2.45, 2.75) is 0 Å². The minimum atomic E-state index is 1.01. The second-order valence-electron chi connectivity index (χ2n) is 15.2. The fourth-order valence-corrected chi connectivity index (χ4v) is 9.41. The van der Waals surface area contributed by atoms with Gasteiger partial charge in [-0.15, -0.1) is 0 Å². The van der Waals surface area contributed by atoms with Crippen LogP contribution in [0.3, 0.4) is 0 Å². The molecule has 0 atom stereocenters. The Morgan fingerprint density at radius 3 is 1.51 bits per heavy atom. The van der Waals surface area contributed by atoms with E-state index in [1.165, 1.54) is 109 Å². The largest absolute Gasteiger partial charge is 0.344 e. The summed E-state index contributed by atoms with van der Waals surface area (Å²) in [6.45, 7) is 0. The van der Waals surface area contributed by atoms with Gasteiger partial charge in [0.1, 0.15) is 0 Å². The maximum Gasteiger partial charge on any atom is 0.0973 e. The molecule has 0 unspecified atom stereocenters. The standard InChI is InChI=1S/C55H34N2/c1-3-12-38-30-41(26-22-34(38)10-1)51-46-15-6-7-16-47(46)52(42-27-23-35-11-2-4-13-39(35)31-42)50-32-40(28-29-48(50)51)36-20-24-37(25-21-36)43-18-9-19-45-44-14-5-8-17-49(44)54-55(53(43)45)57-33-56-54/h1-33H,(H,56,57). The van der Waals surface area contributed by atoms with Crippen LogP contribution in [0.2, 0.25) is 0 Å². The summed E-state index contributed by atoms with van der Waals surface area (Å²) in [4.78, 5) is 8.26. The van der Waals surface area contributed by atoms with E-state index in [-0.39, 0.29) is 0 Å². The average Bonchev–Trinajstić information content (AvgIpc) is 3.78. The Kier molecular flexibility index (Phi) is 6.96. The van der Waals surface area contributed by atoms with Gasteiger partial charge in [0.05, 0.1) is 17.4 Å². The van der Waals surface area contributed by atoms with Gasteiger partial charge >= 0.3 is 0 Å². The van der Waals surface area contributed by atoms with Crippen molar-refractivity contribution in [2.24, 2.45) is 0 Å². The number of H-pyrrole nitrogens is 1. The van der Waals surface area contributed by atoms with Gasteiger partial charge in [-0.25, -0.2) is 4.98 Å². The van der Waals surface area contributed by atoms with Gasteiger partial charge in [0.25, 0.3) is 0 Å². The molecule has 12 aromatic rings. The first-order valence-electron chi connectivity index (χ1n) is 19.6. The molecule has 1 aromatic heterocycles. The number of aromatic amines is 1. The summed E-state index contributed by atoms with van der Waals surface area (Å²) in [7, 11) is 0. The first kappa shape index (κ1) is 31.8. The highest BCUT2D eigenvalue weighted by Gasteiger charge is 2.19. The van der Waals surface area contributed by atoms with Gasteiger partial charge in [0, 0.05) is 10.8 Å². The number of fused-ring (bicyclic) bond motifs is 10. The number of benzene rings is 11. The van der Waals surface area contributed by atoms with Gasteiger partial charge in [-0.2, -0.15) is 0 Å². The molecule has 1 N–H and O–H groups in total. The van der Waals surface area contributed by atoms with Gasteiger partial charge in [0.2, 0.25) is 0 Å². The van der Waals surface area contributed by atoms with Crippen LogP contribution in [0.15, 0.2) is 200 Å². The highest BCUT2D eigenvalue weighted by atomic mass is 14.9. The van der Waals surface area contributed by atoms with Gasteiger partial charge in [-0.05, 0) is 117 Å². The van der Waals surface area contributed by atoms with Crippen molar-refractivity contribution in [3.05, 3.63) is 200 Å². The Hall–Kier alpha value is -7.55. The molecule has 0 saturated heterocycles. The van der Waals surface area contributed by atoms with Crippen LogP contribution in [0.4, 0.5) is 0 Å². The molecule has 0 aliphatic carbocycles. The first-order valence-corrected chi connectivity index (χ1v) is 19.6. The topological polar surface area (TPSA) is 28.7 Å². The monoisotopic (exact) mass is 722 g/mol. The minimum Gasteiger partial charge on any atom is -0.344 e. The Morgan fingerprint density at radius 2 is 0.825 bits per heavy atom. The van der Waals surface area contributed by atoms with E-state index in [0.717, 1.165) is 11.0 Å². The second-order valence-corrected chi connectivity index (χ2v) is 15.2. The minimum absolute atomic E-state index is 1.01. The molecule has 1 heterocycles. The maximum atomic E-state index is 4.84. The van der Waals surface area contributed by atoms with E-state index < -0.39 is 0 Å². The molecule has 12 rings (SSSR count). The van der Waals surface area contributed by atoms with Crippen molar-refractivity contribution in [3.63, 3.8) is 0 Å². The smallest absolute Gasteiger partial charge is 0.0973 e. The third-order valence-electron chi connectivity index (χ3n) is 12.1. The first-order chi connectivity index (χ1) is 28.3. The zero-order valence-electron chi connectivity index (χ0n) is 31.0. The Morgan fingerprint density at radius 1 is 0.316 bits per heavy atom. The van der Waals surface area contributed by atoms with Gasteiger partial charge in [-0.3, -0.25) is 0 Å². The second kappa shape index (κ2) is 12.5. The van der Waals surface area contributed by atoms with E-state index in [1.54, 1.807) is 0 Å². The summed E-state index contributed by atoms with van der Waals surface area (Å²) in [5.41, 5.74) is 11.8. The van der Waals surface area contributed by atoms with Gasteiger partial charge in [-0.1, -0.05) is 176 Å².